The van der Waals surface area contributed by atoms with Crippen molar-refractivity contribution in [1.82, 2.24) is 0 Å². The van der Waals surface area contributed by atoms with Crippen LogP contribution in [0.1, 0.15) is 5.56 Å². The van der Waals surface area contributed by atoms with Crippen molar-refractivity contribution in [3.8, 4) is 0 Å². The summed E-state index contributed by atoms with van der Waals surface area (Å²) in [4.78, 5) is 0. The summed E-state index contributed by atoms with van der Waals surface area (Å²) in [6, 6.07) is 8.27. The van der Waals surface area contributed by atoms with E-state index < -0.39 is 10.6 Å². The second-order valence-electron chi connectivity index (χ2n) is 2.79. The molecule has 1 aromatic rings. The Kier molecular flexibility index (Phi) is 3.89. The van der Waals surface area contributed by atoms with E-state index in [1.54, 1.807) is 30.3 Å². The van der Waals surface area contributed by atoms with Gasteiger partial charge in [-0.05, 0) is 5.56 Å². The molecule has 84 valence electrons. The zero-order valence-corrected chi connectivity index (χ0v) is 8.96. The molecule has 0 aliphatic heterocycles. The maximum atomic E-state index is 12.9. The van der Waals surface area contributed by atoms with Crippen LogP contribution in [0.25, 0.3) is 0 Å². The summed E-state index contributed by atoms with van der Waals surface area (Å²) in [7, 11) is 0. The predicted octanol–water partition coefficient (Wildman–Crippen LogP) is 4.34. The lowest BCUT2D eigenvalue weighted by atomic mass is 10.2. The standard InChI is InChI=1S/C9H7ClF4S/c10-8(11,9(12,13)14)15-6-7-4-2-1-3-5-7/h1-5H,6H2. The Hall–Kier alpha value is -0.420. The highest BCUT2D eigenvalue weighted by atomic mass is 35.5. The van der Waals surface area contributed by atoms with Crippen LogP contribution in [0.5, 0.6) is 0 Å². The number of rotatable bonds is 3. The molecule has 1 atom stereocenters. The minimum absolute atomic E-state index is 0.0125. The fraction of sp³-hybridized carbons (Fsp3) is 0.333. The summed E-state index contributed by atoms with van der Waals surface area (Å²) in [6.07, 6.45) is -5.06. The molecule has 1 aromatic carbocycles. The van der Waals surface area contributed by atoms with Crippen molar-refractivity contribution in [3.63, 3.8) is 0 Å². The molecule has 6 heteroatoms. The van der Waals surface area contributed by atoms with E-state index in [2.05, 4.69) is 0 Å². The Balaban J connectivity index is 2.58. The minimum Gasteiger partial charge on any atom is -0.203 e. The predicted molar refractivity (Wildman–Crippen MR) is 53.5 cm³/mol. The van der Waals surface area contributed by atoms with Gasteiger partial charge >= 0.3 is 10.6 Å². The minimum atomic E-state index is -5.06. The van der Waals surface area contributed by atoms with E-state index >= 15 is 0 Å². The van der Waals surface area contributed by atoms with Gasteiger partial charge in [0.15, 0.2) is 0 Å². The molecule has 0 fully saturated rings. The highest BCUT2D eigenvalue weighted by Crippen LogP contribution is 2.47. The number of benzene rings is 1. The molecule has 1 rings (SSSR count). The van der Waals surface area contributed by atoms with Crippen LogP contribution in [0.4, 0.5) is 17.6 Å². The van der Waals surface area contributed by atoms with Crippen molar-refractivity contribution >= 4 is 23.4 Å². The third kappa shape index (κ3) is 3.57. The quantitative estimate of drug-likeness (QED) is 0.574. The molecule has 0 amide bonds. The maximum Gasteiger partial charge on any atom is 0.447 e. The van der Waals surface area contributed by atoms with Crippen molar-refractivity contribution < 1.29 is 17.6 Å². The van der Waals surface area contributed by atoms with Gasteiger partial charge in [0.1, 0.15) is 0 Å². The summed E-state index contributed by atoms with van der Waals surface area (Å²) >= 11 is 4.75. The van der Waals surface area contributed by atoms with Crippen molar-refractivity contribution in [2.45, 2.75) is 16.4 Å². The first kappa shape index (κ1) is 12.6. The number of thioether (sulfide) groups is 1. The normalized spacial score (nSPS) is 16.1. The van der Waals surface area contributed by atoms with Crippen molar-refractivity contribution in [3.05, 3.63) is 35.9 Å². The first-order valence-corrected chi connectivity index (χ1v) is 5.32. The molecule has 0 nitrogen and oxygen atoms in total. The Morgan fingerprint density at radius 2 is 1.60 bits per heavy atom. The van der Waals surface area contributed by atoms with Crippen LogP contribution in [0.2, 0.25) is 0 Å². The largest absolute Gasteiger partial charge is 0.447 e. The fourth-order valence-corrected chi connectivity index (χ4v) is 1.70. The van der Waals surface area contributed by atoms with Crippen LogP contribution < -0.4 is 0 Å². The van der Waals surface area contributed by atoms with Crippen LogP contribution in [0, 0.1) is 0 Å². The van der Waals surface area contributed by atoms with Crippen LogP contribution in [0.15, 0.2) is 30.3 Å². The lowest BCUT2D eigenvalue weighted by molar-refractivity contribution is -0.168. The highest BCUT2D eigenvalue weighted by Gasteiger charge is 2.55. The van der Waals surface area contributed by atoms with Gasteiger partial charge in [0.2, 0.25) is 0 Å². The Labute approximate surface area is 93.6 Å². The summed E-state index contributed by atoms with van der Waals surface area (Å²) in [5, 5.41) is 0. The number of halogens is 5. The van der Waals surface area contributed by atoms with E-state index in [4.69, 9.17) is 11.6 Å². The summed E-state index contributed by atoms with van der Waals surface area (Å²) in [6.45, 7) is 0. The average Bonchev–Trinajstić information content (AvgIpc) is 2.15. The second-order valence-corrected chi connectivity index (χ2v) is 4.67. The van der Waals surface area contributed by atoms with Gasteiger partial charge in [-0.1, -0.05) is 53.7 Å². The third-order valence-electron chi connectivity index (χ3n) is 1.59. The van der Waals surface area contributed by atoms with Gasteiger partial charge in [0.25, 0.3) is 0 Å². The van der Waals surface area contributed by atoms with E-state index in [9.17, 15) is 17.6 Å². The van der Waals surface area contributed by atoms with Crippen molar-refractivity contribution in [1.29, 1.82) is 0 Å². The lowest BCUT2D eigenvalue weighted by Gasteiger charge is -2.20. The van der Waals surface area contributed by atoms with E-state index in [-0.39, 0.29) is 17.5 Å². The maximum absolute atomic E-state index is 12.9. The zero-order valence-electron chi connectivity index (χ0n) is 7.39. The van der Waals surface area contributed by atoms with Gasteiger partial charge in [-0.3, -0.25) is 0 Å². The summed E-state index contributed by atoms with van der Waals surface area (Å²) in [5.74, 6) is -0.125. The van der Waals surface area contributed by atoms with Gasteiger partial charge in [0.05, 0.1) is 0 Å². The second kappa shape index (κ2) is 4.61. The van der Waals surface area contributed by atoms with Crippen LogP contribution in [0.3, 0.4) is 0 Å². The molecule has 0 saturated heterocycles. The van der Waals surface area contributed by atoms with Crippen LogP contribution in [-0.4, -0.2) is 10.6 Å². The first-order chi connectivity index (χ1) is 6.83. The highest BCUT2D eigenvalue weighted by molar-refractivity contribution is 8.01. The lowest BCUT2D eigenvalue weighted by Crippen LogP contribution is -2.31. The number of alkyl halides is 5. The molecule has 0 N–H and O–H groups in total. The van der Waals surface area contributed by atoms with E-state index in [1.807, 2.05) is 0 Å². The fourth-order valence-electron chi connectivity index (χ4n) is 0.830. The molecule has 0 aromatic heterocycles. The first-order valence-electron chi connectivity index (χ1n) is 3.95. The number of hydrogen-bond donors (Lipinski definition) is 0. The van der Waals surface area contributed by atoms with Crippen LogP contribution in [-0.2, 0) is 5.75 Å². The Bertz CT molecular complexity index is 310. The van der Waals surface area contributed by atoms with Gasteiger partial charge in [-0.15, -0.1) is 0 Å². The summed E-state index contributed by atoms with van der Waals surface area (Å²) in [5.41, 5.74) is 0.592. The molecule has 0 saturated carbocycles. The molecule has 0 radical (unpaired) electrons. The number of hydrogen-bond acceptors (Lipinski definition) is 1. The molecule has 0 aliphatic rings. The smallest absolute Gasteiger partial charge is 0.203 e. The molecule has 15 heavy (non-hydrogen) atoms. The van der Waals surface area contributed by atoms with Crippen molar-refractivity contribution in [2.75, 3.05) is 0 Å². The molecule has 0 aliphatic carbocycles. The van der Waals surface area contributed by atoms with E-state index in [0.717, 1.165) is 0 Å². The molecule has 0 heterocycles. The van der Waals surface area contributed by atoms with Gasteiger partial charge in [-0.2, -0.15) is 13.2 Å². The van der Waals surface area contributed by atoms with E-state index in [0.29, 0.717) is 5.56 Å². The molecule has 1 unspecified atom stereocenters. The topological polar surface area (TPSA) is 0 Å². The third-order valence-corrected chi connectivity index (χ3v) is 3.21. The monoisotopic (exact) mass is 258 g/mol. The van der Waals surface area contributed by atoms with Crippen LogP contribution >= 0.6 is 23.4 Å². The Morgan fingerprint density at radius 3 is 2.07 bits per heavy atom. The molecule has 0 spiro atoms. The Morgan fingerprint density at radius 1 is 1.07 bits per heavy atom. The van der Waals surface area contributed by atoms with Crippen molar-refractivity contribution in [2.24, 2.45) is 0 Å². The zero-order chi connectivity index (χ0) is 11.5. The average molecular weight is 259 g/mol. The van der Waals surface area contributed by atoms with E-state index in [1.165, 1.54) is 0 Å². The van der Waals surface area contributed by atoms with Gasteiger partial charge < -0.3 is 0 Å². The van der Waals surface area contributed by atoms with Gasteiger partial charge in [0, 0.05) is 5.75 Å². The van der Waals surface area contributed by atoms with Gasteiger partial charge in [-0.25, -0.2) is 4.39 Å². The molecular formula is C9H7ClF4S. The SMILES string of the molecule is FC(F)(F)C(F)(Cl)SCc1ccccc1. The molecular weight excluding hydrogens is 252 g/mol. The molecule has 0 bridgehead atoms. The summed E-state index contributed by atoms with van der Waals surface area (Å²) < 4.78 is 45.2.